The molecule has 1 aromatic rings. The van der Waals surface area contributed by atoms with Gasteiger partial charge in [-0.3, -0.25) is 9.59 Å². The van der Waals surface area contributed by atoms with Gasteiger partial charge in [0.1, 0.15) is 12.7 Å². The lowest BCUT2D eigenvalue weighted by molar-refractivity contribution is -0.302. The predicted octanol–water partition coefficient (Wildman–Crippen LogP) is 5.22. The molecule has 2 N–H and O–H groups in total. The van der Waals surface area contributed by atoms with E-state index in [9.17, 15) is 19.8 Å². The Bertz CT molecular complexity index is 1380. The Labute approximate surface area is 316 Å². The minimum Gasteiger partial charge on any atom is -0.459 e. The van der Waals surface area contributed by atoms with E-state index in [0.29, 0.717) is 49.6 Å². The summed E-state index contributed by atoms with van der Waals surface area (Å²) in [5, 5.41) is 23.9. The standard InChI is InChI=1S/C40H64ClN3O8/c1-11-43-23-25(2)22-40(7,49-10)35(52-37-33(45)32(42(8)9)19-26(3)51-37)27(4)34(46)39(5,6)38(48)50-24-31(43)20-28-15-17-44(18-16-28)36(47)29-13-12-14-30(41)21-29/h12-14,20-21,25-28,32-35,37,45-46H,11,15-19,22-24H2,1-10H3/b31-20+/t25-,26-,27+,32+,33-,34?,35-,37+,40-/m1/s1. The van der Waals surface area contributed by atoms with Gasteiger partial charge in [-0.25, -0.2) is 0 Å². The van der Waals surface area contributed by atoms with Crippen molar-refractivity contribution in [2.24, 2.45) is 23.2 Å². The minimum absolute atomic E-state index is 0.0244. The highest BCUT2D eigenvalue weighted by Gasteiger charge is 2.51. The van der Waals surface area contributed by atoms with Crippen molar-refractivity contribution in [3.63, 3.8) is 0 Å². The third-order valence-electron chi connectivity index (χ3n) is 11.6. The zero-order valence-electron chi connectivity index (χ0n) is 33.0. The summed E-state index contributed by atoms with van der Waals surface area (Å²) in [5.41, 5.74) is -0.720. The maximum Gasteiger partial charge on any atom is 0.314 e. The Morgan fingerprint density at radius 1 is 1.13 bits per heavy atom. The zero-order chi connectivity index (χ0) is 38.5. The summed E-state index contributed by atoms with van der Waals surface area (Å²) in [4.78, 5) is 33.2. The van der Waals surface area contributed by atoms with Crippen LogP contribution in [0.25, 0.3) is 0 Å². The minimum atomic E-state index is -1.30. The highest BCUT2D eigenvalue weighted by molar-refractivity contribution is 6.30. The van der Waals surface area contributed by atoms with Crippen LogP contribution in [0.15, 0.2) is 36.0 Å². The molecule has 0 radical (unpaired) electrons. The van der Waals surface area contributed by atoms with E-state index in [0.717, 1.165) is 18.5 Å². The molecule has 1 amide bonds. The molecule has 3 aliphatic heterocycles. The number of allylic oxidation sites excluding steroid dienone is 1. The number of methoxy groups -OCH3 is 1. The lowest BCUT2D eigenvalue weighted by atomic mass is 9.73. The van der Waals surface area contributed by atoms with Gasteiger partial charge in [0.05, 0.1) is 29.3 Å². The van der Waals surface area contributed by atoms with Crippen LogP contribution >= 0.6 is 11.6 Å². The number of halogens is 1. The fraction of sp³-hybridized carbons (Fsp3) is 0.750. The van der Waals surface area contributed by atoms with Crippen LogP contribution in [0.3, 0.4) is 0 Å². The van der Waals surface area contributed by atoms with E-state index in [1.54, 1.807) is 45.2 Å². The van der Waals surface area contributed by atoms with Crippen LogP contribution in [0.4, 0.5) is 0 Å². The van der Waals surface area contributed by atoms with Gasteiger partial charge in [0.15, 0.2) is 6.29 Å². The quantitative estimate of drug-likeness (QED) is 0.359. The average molecular weight is 750 g/mol. The van der Waals surface area contributed by atoms with Crippen LogP contribution in [-0.4, -0.2) is 133 Å². The van der Waals surface area contributed by atoms with Gasteiger partial charge in [0.2, 0.25) is 0 Å². The number of carbonyl (C=O) groups excluding carboxylic acids is 2. The SMILES string of the molecule is CCN1C[C@H](C)C[C@@](C)(OC)[C@H](O[C@@H]2O[C@H](C)C[C@H](N(C)C)[C@H]2O)[C@@H](C)C(O)C(C)(C)C(=O)OC/C1=C\C1CCN(C(=O)c2cccc(Cl)c2)CC1. The van der Waals surface area contributed by atoms with Crippen molar-refractivity contribution in [3.05, 3.63) is 46.6 Å². The van der Waals surface area contributed by atoms with Crippen LogP contribution in [0, 0.1) is 23.2 Å². The molecule has 0 aliphatic carbocycles. The molecule has 1 aromatic carbocycles. The van der Waals surface area contributed by atoms with Gasteiger partial charge < -0.3 is 43.9 Å². The number of benzene rings is 1. The third kappa shape index (κ3) is 9.88. The van der Waals surface area contributed by atoms with E-state index < -0.39 is 47.5 Å². The van der Waals surface area contributed by atoms with E-state index in [2.05, 4.69) is 24.8 Å². The van der Waals surface area contributed by atoms with Crippen LogP contribution in [0.1, 0.15) is 84.5 Å². The normalized spacial score (nSPS) is 35.1. The van der Waals surface area contributed by atoms with Crippen molar-refractivity contribution in [3.8, 4) is 0 Å². The molecular weight excluding hydrogens is 686 g/mol. The lowest BCUT2D eigenvalue weighted by Gasteiger charge is -2.48. The molecule has 12 heteroatoms. The summed E-state index contributed by atoms with van der Waals surface area (Å²) >= 11 is 6.15. The van der Waals surface area contributed by atoms with Gasteiger partial charge in [0, 0.05) is 61.5 Å². The molecule has 294 valence electrons. The van der Waals surface area contributed by atoms with E-state index in [-0.39, 0.29) is 36.5 Å². The number of cyclic esters (lactones) is 1. The average Bonchev–Trinajstić information content (AvgIpc) is 3.11. The topological polar surface area (TPSA) is 121 Å². The number of hydrogen-bond donors (Lipinski definition) is 2. The number of nitrogens with zero attached hydrogens (tertiary/aromatic N) is 3. The molecule has 0 saturated carbocycles. The molecule has 0 bridgehead atoms. The van der Waals surface area contributed by atoms with Crippen LogP contribution in [-0.2, 0) is 23.7 Å². The summed E-state index contributed by atoms with van der Waals surface area (Å²) in [6.45, 7) is 16.1. The van der Waals surface area contributed by atoms with Crippen LogP contribution < -0.4 is 0 Å². The fourth-order valence-corrected chi connectivity index (χ4v) is 8.57. The van der Waals surface area contributed by atoms with E-state index in [1.807, 2.05) is 44.7 Å². The number of hydrogen-bond acceptors (Lipinski definition) is 10. The van der Waals surface area contributed by atoms with Gasteiger partial charge in [-0.1, -0.05) is 37.6 Å². The number of carbonyl (C=O) groups is 2. The highest BCUT2D eigenvalue weighted by Crippen LogP contribution is 2.40. The molecule has 3 saturated heterocycles. The molecule has 3 fully saturated rings. The second-order valence-corrected chi connectivity index (χ2v) is 16.8. The Morgan fingerprint density at radius 2 is 1.81 bits per heavy atom. The predicted molar refractivity (Wildman–Crippen MR) is 202 cm³/mol. The van der Waals surface area contributed by atoms with E-state index in [4.69, 9.17) is 30.5 Å². The van der Waals surface area contributed by atoms with Gasteiger partial charge in [-0.15, -0.1) is 0 Å². The van der Waals surface area contributed by atoms with Gasteiger partial charge in [0.25, 0.3) is 5.91 Å². The first-order chi connectivity index (χ1) is 24.4. The molecule has 1 unspecified atom stereocenters. The number of aliphatic hydroxyl groups is 2. The number of piperidine rings is 1. The second-order valence-electron chi connectivity index (χ2n) is 16.4. The van der Waals surface area contributed by atoms with Crippen molar-refractivity contribution < 1.29 is 38.7 Å². The van der Waals surface area contributed by atoms with Crippen LogP contribution in [0.5, 0.6) is 0 Å². The first kappa shape index (κ1) is 42.5. The molecule has 3 heterocycles. The number of ether oxygens (including phenoxy) is 4. The number of rotatable bonds is 7. The number of aliphatic hydroxyl groups excluding tert-OH is 2. The van der Waals surface area contributed by atoms with E-state index >= 15 is 0 Å². The molecule has 3 aliphatic rings. The summed E-state index contributed by atoms with van der Waals surface area (Å²) < 4.78 is 25.3. The first-order valence-corrected chi connectivity index (χ1v) is 19.4. The van der Waals surface area contributed by atoms with E-state index in [1.165, 1.54) is 0 Å². The number of likely N-dealkylation sites (tertiary alicyclic amines) is 1. The summed E-state index contributed by atoms with van der Waals surface area (Å²) in [6.07, 6.45) is 1.03. The lowest BCUT2D eigenvalue weighted by Crippen LogP contribution is -2.60. The van der Waals surface area contributed by atoms with Crippen molar-refractivity contribution in [2.45, 2.75) is 116 Å². The highest BCUT2D eigenvalue weighted by atomic mass is 35.5. The second kappa shape index (κ2) is 17.9. The van der Waals surface area contributed by atoms with Gasteiger partial charge in [-0.2, -0.15) is 0 Å². The molecule has 52 heavy (non-hydrogen) atoms. The van der Waals surface area contributed by atoms with Crippen molar-refractivity contribution in [2.75, 3.05) is 54.0 Å². The Hall–Kier alpha value is -2.25. The molecule has 9 atom stereocenters. The monoisotopic (exact) mass is 749 g/mol. The molecular formula is C40H64ClN3O8. The van der Waals surface area contributed by atoms with Crippen LogP contribution in [0.2, 0.25) is 5.02 Å². The molecule has 0 aromatic heterocycles. The summed E-state index contributed by atoms with van der Waals surface area (Å²) in [6, 6.07) is 6.87. The number of amides is 1. The summed E-state index contributed by atoms with van der Waals surface area (Å²) in [7, 11) is 5.51. The van der Waals surface area contributed by atoms with Crippen molar-refractivity contribution in [1.82, 2.24) is 14.7 Å². The fourth-order valence-electron chi connectivity index (χ4n) is 8.38. The zero-order valence-corrected chi connectivity index (χ0v) is 33.8. The summed E-state index contributed by atoms with van der Waals surface area (Å²) in [5.74, 6) is -0.868. The Morgan fingerprint density at radius 3 is 2.40 bits per heavy atom. The molecule has 4 rings (SSSR count). The largest absolute Gasteiger partial charge is 0.459 e. The maximum absolute atomic E-state index is 13.9. The molecule has 0 spiro atoms. The van der Waals surface area contributed by atoms with Gasteiger partial charge in [-0.05, 0) is 104 Å². The Kier molecular flexibility index (Phi) is 14.6. The first-order valence-electron chi connectivity index (χ1n) is 19.0. The third-order valence-corrected chi connectivity index (χ3v) is 11.9. The Balaban J connectivity index is 1.61. The molecule has 11 nitrogen and oxygen atoms in total. The number of esters is 1. The maximum atomic E-state index is 13.9. The van der Waals surface area contributed by atoms with Crippen molar-refractivity contribution >= 4 is 23.5 Å². The smallest absolute Gasteiger partial charge is 0.314 e. The van der Waals surface area contributed by atoms with Crippen molar-refractivity contribution in [1.29, 1.82) is 0 Å². The number of likely N-dealkylation sites (N-methyl/N-ethyl adjacent to an activating group) is 2. The van der Waals surface area contributed by atoms with Gasteiger partial charge >= 0.3 is 5.97 Å².